The molecule has 1 amide bonds. The second-order valence-corrected chi connectivity index (χ2v) is 5.76. The predicted octanol–water partition coefficient (Wildman–Crippen LogP) is 3.11. The van der Waals surface area contributed by atoms with E-state index in [1.165, 1.54) is 11.9 Å². The number of ether oxygens (including phenoxy) is 2. The van der Waals surface area contributed by atoms with Crippen molar-refractivity contribution >= 4 is 11.6 Å². The van der Waals surface area contributed by atoms with E-state index in [9.17, 15) is 9.90 Å². The summed E-state index contributed by atoms with van der Waals surface area (Å²) in [4.78, 5) is 12.1. The number of hydrogen-bond donors (Lipinski definition) is 1. The molecular formula is C19H20N2O4. The number of hydrazone groups is 1. The van der Waals surface area contributed by atoms with Gasteiger partial charge in [-0.15, -0.1) is 0 Å². The number of methoxy groups -OCH3 is 2. The molecule has 0 bridgehead atoms. The Hall–Kier alpha value is -3.02. The van der Waals surface area contributed by atoms with Crippen LogP contribution in [0.3, 0.4) is 0 Å². The first kappa shape index (κ1) is 16.8. The Balaban J connectivity index is 2.04. The highest BCUT2D eigenvalue weighted by atomic mass is 16.5. The molecule has 0 radical (unpaired) electrons. The van der Waals surface area contributed by atoms with E-state index in [4.69, 9.17) is 9.47 Å². The first-order valence-corrected chi connectivity index (χ1v) is 7.92. The lowest BCUT2D eigenvalue weighted by atomic mass is 9.97. The summed E-state index contributed by atoms with van der Waals surface area (Å²) in [5.74, 6) is 1.30. The maximum absolute atomic E-state index is 12.1. The Morgan fingerprint density at radius 2 is 1.96 bits per heavy atom. The number of amides is 1. The molecule has 2 aromatic carbocycles. The van der Waals surface area contributed by atoms with E-state index in [1.807, 2.05) is 18.2 Å². The van der Waals surface area contributed by atoms with Crippen LogP contribution >= 0.6 is 0 Å². The summed E-state index contributed by atoms with van der Waals surface area (Å²) in [7, 11) is 3.18. The molecule has 1 N–H and O–H groups in total. The number of nitrogens with zero attached hydrogens (tertiary/aromatic N) is 2. The van der Waals surface area contributed by atoms with Gasteiger partial charge in [0.05, 0.1) is 26.0 Å². The highest BCUT2D eigenvalue weighted by molar-refractivity contribution is 6.05. The third kappa shape index (κ3) is 3.15. The maximum atomic E-state index is 12.1. The summed E-state index contributed by atoms with van der Waals surface area (Å²) in [6, 6.07) is 12.1. The molecule has 0 unspecified atom stereocenters. The van der Waals surface area contributed by atoms with Crippen molar-refractivity contribution in [1.29, 1.82) is 0 Å². The minimum absolute atomic E-state index is 0.142. The normalized spacial score (nSPS) is 16.5. The average molecular weight is 340 g/mol. The van der Waals surface area contributed by atoms with Crippen molar-refractivity contribution in [1.82, 2.24) is 5.01 Å². The van der Waals surface area contributed by atoms with Crippen molar-refractivity contribution in [2.24, 2.45) is 5.10 Å². The van der Waals surface area contributed by atoms with Gasteiger partial charge in [-0.3, -0.25) is 4.79 Å². The minimum atomic E-state index is -0.322. The number of phenolic OH excluding ortho intramolecular Hbond substituents is 1. The Bertz CT molecular complexity index is 832. The van der Waals surface area contributed by atoms with Crippen LogP contribution in [-0.4, -0.2) is 36.0 Å². The second kappa shape index (κ2) is 6.84. The number of carbonyl (C=O) groups excluding carboxylic acids is 1. The van der Waals surface area contributed by atoms with Crippen molar-refractivity contribution in [2.45, 2.75) is 19.4 Å². The van der Waals surface area contributed by atoms with Gasteiger partial charge in [0.1, 0.15) is 17.2 Å². The van der Waals surface area contributed by atoms with Crippen molar-refractivity contribution < 1.29 is 19.4 Å². The van der Waals surface area contributed by atoms with Crippen LogP contribution in [-0.2, 0) is 4.79 Å². The number of carbonyl (C=O) groups is 1. The van der Waals surface area contributed by atoms with Gasteiger partial charge in [0, 0.05) is 24.5 Å². The smallest absolute Gasteiger partial charge is 0.240 e. The number of rotatable bonds is 4. The summed E-state index contributed by atoms with van der Waals surface area (Å²) in [6.07, 6.45) is 0.473. The lowest BCUT2D eigenvalue weighted by Gasteiger charge is -2.22. The Labute approximate surface area is 146 Å². The summed E-state index contributed by atoms with van der Waals surface area (Å²) in [6.45, 7) is 1.47. The molecule has 0 fully saturated rings. The second-order valence-electron chi connectivity index (χ2n) is 5.76. The van der Waals surface area contributed by atoms with E-state index >= 15 is 0 Å². The number of aromatic hydroxyl groups is 1. The molecular weight excluding hydrogens is 320 g/mol. The van der Waals surface area contributed by atoms with Crippen molar-refractivity contribution in [3.63, 3.8) is 0 Å². The van der Waals surface area contributed by atoms with Crippen LogP contribution in [0.15, 0.2) is 47.6 Å². The zero-order chi connectivity index (χ0) is 18.0. The lowest BCUT2D eigenvalue weighted by Crippen LogP contribution is -2.24. The molecule has 130 valence electrons. The highest BCUT2D eigenvalue weighted by Crippen LogP contribution is 2.40. The van der Waals surface area contributed by atoms with E-state index in [1.54, 1.807) is 38.5 Å². The van der Waals surface area contributed by atoms with Crippen molar-refractivity contribution in [3.05, 3.63) is 53.6 Å². The molecule has 25 heavy (non-hydrogen) atoms. The molecule has 0 saturated carbocycles. The van der Waals surface area contributed by atoms with E-state index < -0.39 is 0 Å². The third-order valence-corrected chi connectivity index (χ3v) is 4.24. The van der Waals surface area contributed by atoms with Gasteiger partial charge in [-0.2, -0.15) is 5.10 Å². The van der Waals surface area contributed by atoms with Crippen molar-refractivity contribution in [3.8, 4) is 17.2 Å². The van der Waals surface area contributed by atoms with E-state index in [0.29, 0.717) is 29.2 Å². The van der Waals surface area contributed by atoms with E-state index in [0.717, 1.165) is 5.56 Å². The molecule has 0 aliphatic carbocycles. The highest BCUT2D eigenvalue weighted by Gasteiger charge is 2.34. The molecule has 1 heterocycles. The molecule has 1 aliphatic rings. The Morgan fingerprint density at radius 3 is 2.60 bits per heavy atom. The van der Waals surface area contributed by atoms with Gasteiger partial charge in [0.15, 0.2) is 0 Å². The average Bonchev–Trinajstić information content (AvgIpc) is 3.06. The first-order valence-electron chi connectivity index (χ1n) is 7.92. The summed E-state index contributed by atoms with van der Waals surface area (Å²) >= 11 is 0. The zero-order valence-electron chi connectivity index (χ0n) is 14.4. The molecule has 6 nitrogen and oxygen atoms in total. The van der Waals surface area contributed by atoms with Gasteiger partial charge < -0.3 is 14.6 Å². The van der Waals surface area contributed by atoms with Crippen LogP contribution in [0.4, 0.5) is 0 Å². The van der Waals surface area contributed by atoms with Gasteiger partial charge in [-0.05, 0) is 30.3 Å². The van der Waals surface area contributed by atoms with Gasteiger partial charge in [-0.1, -0.05) is 12.1 Å². The molecule has 1 atom stereocenters. The fraction of sp³-hybridized carbons (Fsp3) is 0.263. The number of benzene rings is 2. The summed E-state index contributed by atoms with van der Waals surface area (Å²) in [5.41, 5.74) is 2.09. The molecule has 0 saturated heterocycles. The molecule has 0 aromatic heterocycles. The Kier molecular flexibility index (Phi) is 4.61. The first-order chi connectivity index (χ1) is 12.0. The van der Waals surface area contributed by atoms with Gasteiger partial charge >= 0.3 is 0 Å². The van der Waals surface area contributed by atoms with Gasteiger partial charge in [-0.25, -0.2) is 5.01 Å². The number of para-hydroxylation sites is 1. The lowest BCUT2D eigenvalue weighted by molar-refractivity contribution is -0.130. The third-order valence-electron chi connectivity index (χ3n) is 4.24. The van der Waals surface area contributed by atoms with Crippen LogP contribution in [0.5, 0.6) is 17.2 Å². The predicted molar refractivity (Wildman–Crippen MR) is 94.1 cm³/mol. The molecule has 0 spiro atoms. The van der Waals surface area contributed by atoms with Crippen LogP contribution in [0.2, 0.25) is 0 Å². The Morgan fingerprint density at radius 1 is 1.20 bits per heavy atom. The monoisotopic (exact) mass is 340 g/mol. The largest absolute Gasteiger partial charge is 0.507 e. The van der Waals surface area contributed by atoms with Crippen LogP contribution in [0, 0.1) is 0 Å². The minimum Gasteiger partial charge on any atom is -0.507 e. The fourth-order valence-corrected chi connectivity index (χ4v) is 3.02. The van der Waals surface area contributed by atoms with E-state index in [-0.39, 0.29) is 17.7 Å². The standard InChI is InChI=1S/C19H20N2O4/c1-12(22)21-17(15-10-13(24-2)8-9-19(15)25-3)11-16(20-21)14-6-4-5-7-18(14)23/h4-10,17,23H,11H2,1-3H3/t17-/m1/s1. The van der Waals surface area contributed by atoms with Gasteiger partial charge in [0.2, 0.25) is 5.91 Å². The summed E-state index contributed by atoms with van der Waals surface area (Å²) < 4.78 is 10.8. The van der Waals surface area contributed by atoms with Crippen molar-refractivity contribution in [2.75, 3.05) is 14.2 Å². The molecule has 3 rings (SSSR count). The number of hydrogen-bond acceptors (Lipinski definition) is 5. The van der Waals surface area contributed by atoms with E-state index in [2.05, 4.69) is 5.10 Å². The fourth-order valence-electron chi connectivity index (χ4n) is 3.02. The van der Waals surface area contributed by atoms with Crippen LogP contribution < -0.4 is 9.47 Å². The van der Waals surface area contributed by atoms with Gasteiger partial charge in [0.25, 0.3) is 0 Å². The van der Waals surface area contributed by atoms with Crippen LogP contribution in [0.25, 0.3) is 0 Å². The topological polar surface area (TPSA) is 71.4 Å². The van der Waals surface area contributed by atoms with Crippen LogP contribution in [0.1, 0.15) is 30.5 Å². The maximum Gasteiger partial charge on any atom is 0.240 e. The molecule has 2 aromatic rings. The summed E-state index contributed by atoms with van der Waals surface area (Å²) in [5, 5.41) is 16.0. The zero-order valence-corrected chi connectivity index (χ0v) is 14.4. The SMILES string of the molecule is COc1ccc(OC)c([C@H]2CC(c3ccccc3O)=NN2C(C)=O)c1. The number of phenols is 1. The molecule has 1 aliphatic heterocycles. The molecule has 6 heteroatoms. The quantitative estimate of drug-likeness (QED) is 0.928.